The fraction of sp³-hybridized carbons (Fsp3) is 0.208. The van der Waals surface area contributed by atoms with Gasteiger partial charge in [0.25, 0.3) is 11.4 Å². The molecule has 212 valence electrons. The van der Waals surface area contributed by atoms with Gasteiger partial charge in [-0.1, -0.05) is 54.6 Å². The highest BCUT2D eigenvalue weighted by Gasteiger charge is 2.35. The van der Waals surface area contributed by atoms with Gasteiger partial charge in [0, 0.05) is 18.6 Å². The number of benzene rings is 3. The lowest BCUT2D eigenvalue weighted by molar-refractivity contribution is -0.388. The number of esters is 1. The van der Waals surface area contributed by atoms with Crippen LogP contribution in [0.25, 0.3) is 0 Å². The summed E-state index contributed by atoms with van der Waals surface area (Å²) in [6.07, 6.45) is -3.61. The number of ether oxygens (including phenoxy) is 1. The Hall–Kier alpha value is -4.25. The van der Waals surface area contributed by atoms with Crippen LogP contribution in [-0.4, -0.2) is 45.4 Å². The number of nitro benzene ring substituents is 2. The molecule has 0 bridgehead atoms. The smallest absolute Gasteiger partial charge is 0.337 e. The van der Waals surface area contributed by atoms with E-state index in [2.05, 4.69) is 0 Å². The molecule has 0 radical (unpaired) electrons. The van der Waals surface area contributed by atoms with Crippen molar-refractivity contribution in [3.63, 3.8) is 0 Å². The van der Waals surface area contributed by atoms with Crippen molar-refractivity contribution in [2.45, 2.75) is 35.3 Å². The molecule has 0 amide bonds. The van der Waals surface area contributed by atoms with Gasteiger partial charge in [-0.05, 0) is 24.6 Å². The molecular weight excluding hydrogens is 572 g/mol. The summed E-state index contributed by atoms with van der Waals surface area (Å²) in [6.45, 7) is 0.636. The molecule has 0 aliphatic carbocycles. The van der Waals surface area contributed by atoms with Gasteiger partial charge in [0.1, 0.15) is 6.10 Å². The molecule has 0 saturated heterocycles. The molecule has 0 aliphatic rings. The van der Waals surface area contributed by atoms with Crippen LogP contribution in [0.2, 0.25) is 0 Å². The van der Waals surface area contributed by atoms with Crippen molar-refractivity contribution in [1.29, 1.82) is 0 Å². The van der Waals surface area contributed by atoms with E-state index < -0.39 is 82.5 Å². The quantitative estimate of drug-likeness (QED) is 0.120. The van der Waals surface area contributed by atoms with Crippen LogP contribution in [0.15, 0.2) is 88.7 Å². The van der Waals surface area contributed by atoms with Crippen LogP contribution < -0.4 is 0 Å². The topological polar surface area (TPSA) is 199 Å². The van der Waals surface area contributed by atoms with Crippen LogP contribution in [0.5, 0.6) is 0 Å². The minimum absolute atomic E-state index is 0.548. The molecule has 16 heteroatoms. The predicted molar refractivity (Wildman–Crippen MR) is 137 cm³/mol. The first-order valence-electron chi connectivity index (χ1n) is 11.4. The highest BCUT2D eigenvalue weighted by Crippen LogP contribution is 2.28. The largest absolute Gasteiger partial charge is 0.456 e. The maximum absolute atomic E-state index is 13.0. The first-order valence-corrected chi connectivity index (χ1v) is 14.2. The molecule has 3 aromatic rings. The molecule has 0 aromatic heterocycles. The van der Waals surface area contributed by atoms with E-state index >= 15 is 0 Å². The average Bonchev–Trinajstić information content (AvgIpc) is 2.92. The van der Waals surface area contributed by atoms with E-state index in [4.69, 9.17) is 13.1 Å². The molecule has 2 unspecified atom stereocenters. The molecule has 0 aliphatic heterocycles. The molecule has 40 heavy (non-hydrogen) atoms. The monoisotopic (exact) mass is 594 g/mol. The molecule has 2 atom stereocenters. The van der Waals surface area contributed by atoms with Crippen LogP contribution in [0.4, 0.5) is 11.4 Å². The third kappa shape index (κ3) is 7.44. The van der Waals surface area contributed by atoms with Gasteiger partial charge in [-0.15, -0.1) is 0 Å². The van der Waals surface area contributed by atoms with Gasteiger partial charge < -0.3 is 4.74 Å². The summed E-state index contributed by atoms with van der Waals surface area (Å²) in [6, 6.07) is 17.0. The average molecular weight is 595 g/mol. The minimum Gasteiger partial charge on any atom is -0.456 e. The van der Waals surface area contributed by atoms with Crippen molar-refractivity contribution in [3.05, 3.63) is 105 Å². The number of rotatable bonds is 13. The molecule has 3 aromatic carbocycles. The van der Waals surface area contributed by atoms with Gasteiger partial charge in [-0.2, -0.15) is 16.8 Å². The van der Waals surface area contributed by atoms with Crippen molar-refractivity contribution in [2.75, 3.05) is 6.61 Å². The summed E-state index contributed by atoms with van der Waals surface area (Å²) in [4.78, 5) is 32.1. The lowest BCUT2D eigenvalue weighted by atomic mass is 10.1. The molecule has 3 rings (SSSR count). The van der Waals surface area contributed by atoms with Crippen LogP contribution in [-0.2, 0) is 38.1 Å². The van der Waals surface area contributed by atoms with E-state index in [1.807, 2.05) is 0 Å². The van der Waals surface area contributed by atoms with Gasteiger partial charge in [-0.25, -0.2) is 4.79 Å². The molecule has 0 fully saturated rings. The second kappa shape index (κ2) is 12.7. The summed E-state index contributed by atoms with van der Waals surface area (Å²) in [7, 11) is -9.68. The number of hydrogen-bond donors (Lipinski definition) is 0. The second-order valence-corrected chi connectivity index (χ2v) is 11.2. The Morgan fingerprint density at radius 2 is 1.25 bits per heavy atom. The Labute approximate surface area is 228 Å². The maximum atomic E-state index is 13.0. The summed E-state index contributed by atoms with van der Waals surface area (Å²) >= 11 is 0. The SMILES string of the molecule is CC(OC(=O)C(CCOS(=O)(=O)c1ccccc1[N+](=O)[O-])OS(=O)(=O)c1ccccc1[N+](=O)[O-])c1ccccc1. The Morgan fingerprint density at radius 1 is 0.775 bits per heavy atom. The zero-order chi connectivity index (χ0) is 29.5. The standard InChI is InChI=1S/C24H22N2O12S2/c1-17(18-9-3-2-4-10-18)37-24(27)21(38-40(34,35)23-14-8-6-12-20(23)26(30)31)15-16-36-39(32,33)22-13-7-5-11-19(22)25(28)29/h2-14,17,21H,15-16H2,1H3. The van der Waals surface area contributed by atoms with E-state index in [0.717, 1.165) is 24.3 Å². The number of nitro groups is 2. The van der Waals surface area contributed by atoms with Crippen molar-refractivity contribution >= 4 is 37.6 Å². The summed E-state index contributed by atoms with van der Waals surface area (Å²) in [5.74, 6) is -1.23. The van der Waals surface area contributed by atoms with Crippen LogP contribution in [0, 0.1) is 20.2 Å². The second-order valence-electron chi connectivity index (χ2n) is 8.04. The van der Waals surface area contributed by atoms with E-state index in [1.54, 1.807) is 30.3 Å². The van der Waals surface area contributed by atoms with Crippen LogP contribution in [0.1, 0.15) is 25.0 Å². The van der Waals surface area contributed by atoms with Crippen LogP contribution >= 0.6 is 0 Å². The first-order chi connectivity index (χ1) is 18.8. The minimum atomic E-state index is -4.95. The normalized spacial score (nSPS) is 13.2. The van der Waals surface area contributed by atoms with Gasteiger partial charge in [0.05, 0.1) is 16.5 Å². The number of carbonyl (C=O) groups excluding carboxylic acids is 1. The molecule has 0 saturated carbocycles. The summed E-state index contributed by atoms with van der Waals surface area (Å²) in [5.41, 5.74) is -1.03. The van der Waals surface area contributed by atoms with Crippen molar-refractivity contribution in [2.24, 2.45) is 0 Å². The number of carbonyl (C=O) groups is 1. The molecular formula is C24H22N2O12S2. The van der Waals surface area contributed by atoms with E-state index in [0.29, 0.717) is 5.56 Å². The van der Waals surface area contributed by atoms with E-state index in [-0.39, 0.29) is 0 Å². The summed E-state index contributed by atoms with van der Waals surface area (Å²) < 4.78 is 66.3. The lowest BCUT2D eigenvalue weighted by Crippen LogP contribution is -2.32. The van der Waals surface area contributed by atoms with Gasteiger partial charge in [0.15, 0.2) is 15.9 Å². The van der Waals surface area contributed by atoms with Gasteiger partial charge >= 0.3 is 26.2 Å². The zero-order valence-corrected chi connectivity index (χ0v) is 22.3. The number of nitrogens with zero attached hydrogens (tertiary/aromatic N) is 2. The van der Waals surface area contributed by atoms with Crippen molar-refractivity contribution in [1.82, 2.24) is 0 Å². The predicted octanol–water partition coefficient (Wildman–Crippen LogP) is 3.68. The van der Waals surface area contributed by atoms with Gasteiger partial charge in [0.2, 0.25) is 0 Å². The first kappa shape index (κ1) is 30.3. The fourth-order valence-corrected chi connectivity index (χ4v) is 5.73. The van der Waals surface area contributed by atoms with Crippen LogP contribution in [0.3, 0.4) is 0 Å². The van der Waals surface area contributed by atoms with E-state index in [1.165, 1.54) is 31.2 Å². The Kier molecular flexibility index (Phi) is 9.65. The lowest BCUT2D eigenvalue weighted by Gasteiger charge is -2.20. The van der Waals surface area contributed by atoms with Crippen molar-refractivity contribution in [3.8, 4) is 0 Å². The fourth-order valence-electron chi connectivity index (χ4n) is 3.42. The number of hydrogen-bond acceptors (Lipinski definition) is 12. The highest BCUT2D eigenvalue weighted by molar-refractivity contribution is 7.87. The van der Waals surface area contributed by atoms with Gasteiger partial charge in [-0.3, -0.25) is 28.6 Å². The third-order valence-corrected chi connectivity index (χ3v) is 8.08. The zero-order valence-electron chi connectivity index (χ0n) is 20.7. The third-order valence-electron chi connectivity index (χ3n) is 5.35. The molecule has 14 nitrogen and oxygen atoms in total. The molecule has 0 spiro atoms. The highest BCUT2D eigenvalue weighted by atomic mass is 32.2. The molecule has 0 N–H and O–H groups in total. The van der Waals surface area contributed by atoms with Crippen molar-refractivity contribution < 1.29 is 44.6 Å². The molecule has 0 heterocycles. The Balaban J connectivity index is 1.86. The maximum Gasteiger partial charge on any atom is 0.337 e. The Morgan fingerprint density at radius 3 is 1.77 bits per heavy atom. The number of para-hydroxylation sites is 2. The summed E-state index contributed by atoms with van der Waals surface area (Å²) in [5, 5.41) is 22.6. The Bertz CT molecular complexity index is 1610. The van der Waals surface area contributed by atoms with E-state index in [9.17, 15) is 41.9 Å².